The summed E-state index contributed by atoms with van der Waals surface area (Å²) in [5, 5.41) is 11.0. The van der Waals surface area contributed by atoms with Gasteiger partial charge in [0.25, 0.3) is 0 Å². The van der Waals surface area contributed by atoms with Gasteiger partial charge in [0.2, 0.25) is 5.89 Å². The predicted octanol–water partition coefficient (Wildman–Crippen LogP) is 4.43. The van der Waals surface area contributed by atoms with Crippen molar-refractivity contribution >= 4 is 23.2 Å². The van der Waals surface area contributed by atoms with Gasteiger partial charge in [-0.2, -0.15) is 0 Å². The molecule has 0 aliphatic carbocycles. The molecule has 1 aromatic heterocycles. The number of hydrogen-bond acceptors (Lipinski definition) is 5. The zero-order valence-corrected chi connectivity index (χ0v) is 14.4. The lowest BCUT2D eigenvalue weighted by molar-refractivity contribution is 0.0991. The van der Waals surface area contributed by atoms with Crippen molar-refractivity contribution in [3.8, 4) is 17.2 Å². The number of ether oxygens (including phenoxy) is 1. The maximum absolute atomic E-state index is 12.2. The van der Waals surface area contributed by atoms with Gasteiger partial charge in [0.05, 0.1) is 6.10 Å². The Balaban J connectivity index is 1.68. The normalized spacial score (nSPS) is 10.7. The highest BCUT2D eigenvalue weighted by molar-refractivity contribution is 6.30. The summed E-state index contributed by atoms with van der Waals surface area (Å²) >= 11 is 5.84. The molecule has 7 heteroatoms. The summed E-state index contributed by atoms with van der Waals surface area (Å²) < 4.78 is 11.0. The number of nitrogens with zero attached hydrogens (tertiary/aromatic N) is 2. The van der Waals surface area contributed by atoms with Crippen LogP contribution in [0.25, 0.3) is 11.5 Å². The Bertz CT molecular complexity index is 858. The van der Waals surface area contributed by atoms with Crippen molar-refractivity contribution in [3.63, 3.8) is 0 Å². The average molecular weight is 358 g/mol. The van der Waals surface area contributed by atoms with E-state index in [1.807, 2.05) is 13.8 Å². The molecule has 0 fully saturated rings. The van der Waals surface area contributed by atoms with Crippen molar-refractivity contribution in [3.05, 3.63) is 59.4 Å². The molecule has 0 aliphatic heterocycles. The van der Waals surface area contributed by atoms with E-state index in [0.717, 1.165) is 5.75 Å². The molecule has 0 bridgehead atoms. The highest BCUT2D eigenvalue weighted by atomic mass is 35.5. The quantitative estimate of drug-likeness (QED) is 0.730. The molecular weight excluding hydrogens is 342 g/mol. The topological polar surface area (TPSA) is 77.2 Å². The first-order valence-corrected chi connectivity index (χ1v) is 8.06. The van der Waals surface area contributed by atoms with Gasteiger partial charge in [-0.1, -0.05) is 11.6 Å². The number of carbonyl (C=O) groups excluding carboxylic acids is 1. The number of benzene rings is 2. The Kier molecular flexibility index (Phi) is 5.00. The van der Waals surface area contributed by atoms with Crippen LogP contribution in [0.3, 0.4) is 0 Å². The first-order chi connectivity index (χ1) is 12.0. The Labute approximate surface area is 149 Å². The van der Waals surface area contributed by atoms with E-state index in [2.05, 4.69) is 15.5 Å². The largest absolute Gasteiger partial charge is 0.491 e. The summed E-state index contributed by atoms with van der Waals surface area (Å²) in [5.74, 6) is 0.385. The van der Waals surface area contributed by atoms with Crippen LogP contribution in [0.15, 0.2) is 52.9 Å². The summed E-state index contributed by atoms with van der Waals surface area (Å²) in [6.45, 7) is 3.90. The molecule has 0 radical (unpaired) electrons. The molecule has 25 heavy (non-hydrogen) atoms. The zero-order valence-electron chi connectivity index (χ0n) is 13.7. The van der Waals surface area contributed by atoms with Crippen LogP contribution in [0, 0.1) is 0 Å². The molecule has 0 aliphatic rings. The smallest absolute Gasteiger partial charge is 0.313 e. The van der Waals surface area contributed by atoms with Gasteiger partial charge in [-0.3, -0.25) is 4.79 Å². The Hall–Kier alpha value is -2.86. The molecule has 3 aromatic rings. The molecule has 0 saturated carbocycles. The number of halogens is 1. The van der Waals surface area contributed by atoms with Crippen molar-refractivity contribution in [1.82, 2.24) is 10.2 Å². The summed E-state index contributed by atoms with van der Waals surface area (Å²) in [4.78, 5) is 12.2. The van der Waals surface area contributed by atoms with Gasteiger partial charge in [0.15, 0.2) is 0 Å². The summed E-state index contributed by atoms with van der Waals surface area (Å²) in [7, 11) is 0. The fourth-order valence-electron chi connectivity index (χ4n) is 2.10. The minimum Gasteiger partial charge on any atom is -0.491 e. The van der Waals surface area contributed by atoms with E-state index in [-0.39, 0.29) is 17.9 Å². The van der Waals surface area contributed by atoms with E-state index in [1.165, 1.54) is 0 Å². The number of anilines is 1. The van der Waals surface area contributed by atoms with Gasteiger partial charge in [-0.05, 0) is 62.4 Å². The first kappa shape index (κ1) is 17.0. The Morgan fingerprint density at radius 2 is 1.76 bits per heavy atom. The van der Waals surface area contributed by atoms with Crippen molar-refractivity contribution in [1.29, 1.82) is 0 Å². The Morgan fingerprint density at radius 1 is 1.08 bits per heavy atom. The second-order valence-corrected chi connectivity index (χ2v) is 6.00. The van der Waals surface area contributed by atoms with Gasteiger partial charge in [-0.25, -0.2) is 0 Å². The third kappa shape index (κ3) is 4.36. The number of aromatic nitrogens is 2. The van der Waals surface area contributed by atoms with Gasteiger partial charge < -0.3 is 14.5 Å². The van der Waals surface area contributed by atoms with E-state index in [1.54, 1.807) is 48.5 Å². The molecule has 128 valence electrons. The Morgan fingerprint density at radius 3 is 2.40 bits per heavy atom. The number of nitrogens with one attached hydrogen (secondary N) is 1. The summed E-state index contributed by atoms with van der Waals surface area (Å²) in [6.07, 6.45) is 0.0881. The number of rotatable bonds is 5. The summed E-state index contributed by atoms with van der Waals surface area (Å²) in [6, 6.07) is 13.9. The van der Waals surface area contributed by atoms with Crippen LogP contribution >= 0.6 is 11.6 Å². The van der Waals surface area contributed by atoms with Gasteiger partial charge in [-0.15, -0.1) is 10.2 Å². The van der Waals surface area contributed by atoms with Crippen LogP contribution in [-0.4, -0.2) is 22.2 Å². The maximum atomic E-state index is 12.2. The number of carbonyl (C=O) groups is 1. The molecule has 3 rings (SSSR count). The third-order valence-electron chi connectivity index (χ3n) is 3.19. The lowest BCUT2D eigenvalue weighted by Crippen LogP contribution is -2.12. The van der Waals surface area contributed by atoms with Crippen LogP contribution in [0.5, 0.6) is 5.75 Å². The fourth-order valence-corrected chi connectivity index (χ4v) is 2.22. The maximum Gasteiger partial charge on any atom is 0.313 e. The van der Waals surface area contributed by atoms with E-state index >= 15 is 0 Å². The van der Waals surface area contributed by atoms with Crippen LogP contribution in [0.4, 0.5) is 5.69 Å². The second kappa shape index (κ2) is 7.36. The predicted molar refractivity (Wildman–Crippen MR) is 94.9 cm³/mol. The van der Waals surface area contributed by atoms with Crippen molar-refractivity contribution in [2.45, 2.75) is 20.0 Å². The number of hydrogen-bond donors (Lipinski definition) is 1. The van der Waals surface area contributed by atoms with Crippen LogP contribution in [0.2, 0.25) is 5.02 Å². The molecule has 0 atom stereocenters. The van der Waals surface area contributed by atoms with Gasteiger partial charge in [0, 0.05) is 16.3 Å². The minimum atomic E-state index is -0.481. The second-order valence-electron chi connectivity index (χ2n) is 5.56. The fraction of sp³-hybridized carbons (Fsp3) is 0.167. The molecule has 6 nitrogen and oxygen atoms in total. The molecule has 1 N–H and O–H groups in total. The average Bonchev–Trinajstić information content (AvgIpc) is 3.07. The molecule has 0 unspecified atom stereocenters. The van der Waals surface area contributed by atoms with E-state index < -0.39 is 5.91 Å². The van der Waals surface area contributed by atoms with E-state index in [9.17, 15) is 4.79 Å². The molecule has 0 saturated heterocycles. The van der Waals surface area contributed by atoms with Crippen molar-refractivity contribution in [2.75, 3.05) is 5.32 Å². The van der Waals surface area contributed by atoms with Crippen LogP contribution in [0.1, 0.15) is 24.5 Å². The minimum absolute atomic E-state index is 0.0881. The lowest BCUT2D eigenvalue weighted by Gasteiger charge is -2.10. The van der Waals surface area contributed by atoms with Crippen molar-refractivity contribution in [2.24, 2.45) is 0 Å². The lowest BCUT2D eigenvalue weighted by atomic mass is 10.2. The van der Waals surface area contributed by atoms with E-state index in [4.69, 9.17) is 20.8 Å². The SMILES string of the molecule is CC(C)Oc1ccc(NC(=O)c2nnc(-c3ccc(Cl)cc3)o2)cc1. The highest BCUT2D eigenvalue weighted by Gasteiger charge is 2.16. The highest BCUT2D eigenvalue weighted by Crippen LogP contribution is 2.21. The first-order valence-electron chi connectivity index (χ1n) is 7.69. The molecule has 2 aromatic carbocycles. The zero-order chi connectivity index (χ0) is 17.8. The third-order valence-corrected chi connectivity index (χ3v) is 3.45. The van der Waals surface area contributed by atoms with Crippen LogP contribution in [-0.2, 0) is 0 Å². The van der Waals surface area contributed by atoms with Crippen molar-refractivity contribution < 1.29 is 13.9 Å². The molecule has 0 spiro atoms. The molecule has 1 heterocycles. The summed E-state index contributed by atoms with van der Waals surface area (Å²) in [5.41, 5.74) is 1.29. The molecule has 1 amide bonds. The van der Waals surface area contributed by atoms with Crippen LogP contribution < -0.4 is 10.1 Å². The van der Waals surface area contributed by atoms with E-state index in [0.29, 0.717) is 16.3 Å². The number of amides is 1. The van der Waals surface area contributed by atoms with Gasteiger partial charge >= 0.3 is 11.8 Å². The standard InChI is InChI=1S/C18H16ClN3O3/c1-11(2)24-15-9-7-14(8-10-15)20-16(23)18-22-21-17(25-18)12-3-5-13(19)6-4-12/h3-11H,1-2H3,(H,20,23). The monoisotopic (exact) mass is 357 g/mol. The molecular formula is C18H16ClN3O3. The van der Waals surface area contributed by atoms with Gasteiger partial charge in [0.1, 0.15) is 5.75 Å².